The van der Waals surface area contributed by atoms with E-state index in [0.717, 1.165) is 21.5 Å². The molecule has 1 fully saturated rings. The summed E-state index contributed by atoms with van der Waals surface area (Å²) in [6.07, 6.45) is 3.06. The number of fused-ring (bicyclic) bond motifs is 1. The zero-order chi connectivity index (χ0) is 27.2. The third kappa shape index (κ3) is 5.68. The van der Waals surface area contributed by atoms with Gasteiger partial charge in [-0.15, -0.1) is 0 Å². The van der Waals surface area contributed by atoms with Crippen LogP contribution in [0.2, 0.25) is 0 Å². The van der Waals surface area contributed by atoms with Crippen LogP contribution < -0.4 is 14.2 Å². The van der Waals surface area contributed by atoms with E-state index >= 15 is 0 Å². The number of nitrogens with one attached hydrogen (secondary N) is 1. The van der Waals surface area contributed by atoms with E-state index in [4.69, 9.17) is 9.47 Å². The van der Waals surface area contributed by atoms with Gasteiger partial charge in [0.15, 0.2) is 11.5 Å². The van der Waals surface area contributed by atoms with Gasteiger partial charge in [0.2, 0.25) is 0 Å². The van der Waals surface area contributed by atoms with Crippen molar-refractivity contribution in [3.8, 4) is 11.5 Å². The largest absolute Gasteiger partial charge is 0.493 e. The third-order valence-corrected chi connectivity index (χ3v) is 7.38. The Hall–Kier alpha value is -4.50. The molecule has 198 valence electrons. The number of amides is 2. The number of nitrogens with zero attached hydrogens (tertiary/aromatic N) is 3. The predicted octanol–water partition coefficient (Wildman–Crippen LogP) is 5.48. The number of aromatic nitrogens is 1. The molecule has 0 saturated carbocycles. The Morgan fingerprint density at radius 3 is 2.33 bits per heavy atom. The van der Waals surface area contributed by atoms with Gasteiger partial charge in [-0.25, -0.2) is 0 Å². The van der Waals surface area contributed by atoms with Crippen LogP contribution in [0.3, 0.4) is 0 Å². The van der Waals surface area contributed by atoms with Crippen LogP contribution in [0.25, 0.3) is 10.9 Å². The molecular weight excluding hydrogens is 512 g/mol. The number of para-hydroxylation sites is 2. The van der Waals surface area contributed by atoms with Crippen LogP contribution in [0.4, 0.5) is 5.69 Å². The molecule has 0 unspecified atom stereocenters. The normalized spacial score (nSPS) is 13.2. The van der Waals surface area contributed by atoms with E-state index in [9.17, 15) is 9.59 Å². The van der Waals surface area contributed by atoms with Crippen molar-refractivity contribution in [2.75, 3.05) is 38.0 Å². The average molecular weight is 541 g/mol. The fourth-order valence-corrected chi connectivity index (χ4v) is 5.25. The number of carbonyl (C=O) groups is 2. The molecule has 9 heteroatoms. The summed E-state index contributed by atoms with van der Waals surface area (Å²) in [5, 5.41) is 1.08. The van der Waals surface area contributed by atoms with E-state index < -0.39 is 0 Å². The fourth-order valence-electron chi connectivity index (χ4n) is 4.47. The van der Waals surface area contributed by atoms with Crippen molar-refractivity contribution in [1.82, 2.24) is 14.8 Å². The minimum Gasteiger partial charge on any atom is -0.493 e. The van der Waals surface area contributed by atoms with Gasteiger partial charge in [0.05, 0.1) is 29.3 Å². The molecule has 1 saturated heterocycles. The Morgan fingerprint density at radius 1 is 0.923 bits per heavy atom. The predicted molar refractivity (Wildman–Crippen MR) is 153 cm³/mol. The highest BCUT2D eigenvalue weighted by Crippen LogP contribution is 2.32. The van der Waals surface area contributed by atoms with Crippen LogP contribution in [0, 0.1) is 0 Å². The molecule has 1 aliphatic rings. The van der Waals surface area contributed by atoms with Crippen LogP contribution >= 0.6 is 11.9 Å². The second-order valence-electron chi connectivity index (χ2n) is 8.82. The second kappa shape index (κ2) is 11.9. The number of piperazine rings is 1. The molecule has 3 aromatic carbocycles. The smallest absolute Gasteiger partial charge is 0.257 e. The number of hydrogen-bond acceptors (Lipinski definition) is 7. The first-order chi connectivity index (χ1) is 19.1. The van der Waals surface area contributed by atoms with E-state index in [1.54, 1.807) is 34.2 Å². The van der Waals surface area contributed by atoms with Gasteiger partial charge in [-0.3, -0.25) is 14.6 Å². The van der Waals surface area contributed by atoms with Crippen molar-refractivity contribution >= 4 is 40.4 Å². The zero-order valence-corrected chi connectivity index (χ0v) is 22.3. The van der Waals surface area contributed by atoms with Crippen molar-refractivity contribution in [1.29, 1.82) is 0 Å². The molecule has 8 nitrogen and oxygen atoms in total. The summed E-state index contributed by atoms with van der Waals surface area (Å²) >= 11 is 1.49. The van der Waals surface area contributed by atoms with E-state index in [1.807, 2.05) is 54.6 Å². The molecule has 1 aromatic heterocycles. The van der Waals surface area contributed by atoms with Crippen molar-refractivity contribution < 1.29 is 19.1 Å². The zero-order valence-electron chi connectivity index (χ0n) is 21.5. The summed E-state index contributed by atoms with van der Waals surface area (Å²) in [6.45, 7) is 5.31. The lowest BCUT2D eigenvalue weighted by atomic mass is 10.1. The van der Waals surface area contributed by atoms with Crippen molar-refractivity contribution in [3.63, 3.8) is 0 Å². The number of rotatable bonds is 8. The second-order valence-corrected chi connectivity index (χ2v) is 9.67. The van der Waals surface area contributed by atoms with Gasteiger partial charge in [-0.2, -0.15) is 0 Å². The maximum atomic E-state index is 13.2. The highest BCUT2D eigenvalue weighted by atomic mass is 32.2. The summed E-state index contributed by atoms with van der Waals surface area (Å²) in [5.41, 5.74) is 2.83. The molecule has 2 amide bonds. The third-order valence-electron chi connectivity index (χ3n) is 6.49. The molecule has 1 aliphatic heterocycles. The summed E-state index contributed by atoms with van der Waals surface area (Å²) in [7, 11) is 1.52. The van der Waals surface area contributed by atoms with Crippen LogP contribution in [-0.2, 0) is 0 Å². The van der Waals surface area contributed by atoms with E-state index in [-0.39, 0.29) is 11.8 Å². The monoisotopic (exact) mass is 540 g/mol. The molecule has 1 N–H and O–H groups in total. The fraction of sp³-hybridized carbons (Fsp3) is 0.167. The maximum Gasteiger partial charge on any atom is 0.257 e. The number of anilines is 1. The Kier molecular flexibility index (Phi) is 7.98. The van der Waals surface area contributed by atoms with Crippen molar-refractivity contribution in [2.24, 2.45) is 0 Å². The molecule has 5 rings (SSSR count). The summed E-state index contributed by atoms with van der Waals surface area (Å²) in [6, 6.07) is 22.6. The number of ether oxygens (including phenoxy) is 2. The number of methoxy groups -OCH3 is 1. The Balaban J connectivity index is 1.18. The highest BCUT2D eigenvalue weighted by molar-refractivity contribution is 8.00. The molecule has 0 bridgehead atoms. The average Bonchev–Trinajstić information content (AvgIpc) is 3.00. The summed E-state index contributed by atoms with van der Waals surface area (Å²) in [5.74, 6) is 0.561. The lowest BCUT2D eigenvalue weighted by Gasteiger charge is -2.35. The Bertz CT molecular complexity index is 1500. The van der Waals surface area contributed by atoms with Crippen LogP contribution in [0.15, 0.2) is 96.7 Å². The molecule has 0 spiro atoms. The van der Waals surface area contributed by atoms with Gasteiger partial charge in [0.25, 0.3) is 11.8 Å². The molecule has 2 heterocycles. The molecule has 4 aromatic rings. The molecular formula is C30H28N4O4S. The highest BCUT2D eigenvalue weighted by Gasteiger charge is 2.28. The summed E-state index contributed by atoms with van der Waals surface area (Å²) in [4.78, 5) is 35.4. The number of pyridine rings is 1. The van der Waals surface area contributed by atoms with E-state index in [1.165, 1.54) is 25.3 Å². The first kappa shape index (κ1) is 26.1. The first-order valence-corrected chi connectivity index (χ1v) is 13.3. The molecule has 0 atom stereocenters. The van der Waals surface area contributed by atoms with Crippen LogP contribution in [0.1, 0.15) is 20.7 Å². The minimum atomic E-state index is -0.174. The first-order valence-electron chi connectivity index (χ1n) is 12.5. The van der Waals surface area contributed by atoms with Gasteiger partial charge in [0, 0.05) is 49.0 Å². The van der Waals surface area contributed by atoms with Gasteiger partial charge < -0.3 is 24.0 Å². The minimum absolute atomic E-state index is 0.0587. The molecule has 0 aliphatic carbocycles. The number of carbonyl (C=O) groups excluding carboxylic acids is 2. The standard InChI is InChI=1S/C30H28N4O4S/c1-3-38-28-24(9-5-10-25(28)37-2)30(36)34-19-17-33(18-20-34)29(35)22-12-14-23(15-13-22)32-39-26-11-4-7-21-8-6-16-31-27(21)26/h3-16,32H,1,17-20H2,2H3. The topological polar surface area (TPSA) is 84.0 Å². The molecule has 39 heavy (non-hydrogen) atoms. The van der Waals surface area contributed by atoms with E-state index in [2.05, 4.69) is 16.3 Å². The quantitative estimate of drug-likeness (QED) is 0.234. The maximum absolute atomic E-state index is 13.2. The number of benzene rings is 3. The van der Waals surface area contributed by atoms with Gasteiger partial charge in [0.1, 0.15) is 0 Å². The summed E-state index contributed by atoms with van der Waals surface area (Å²) < 4.78 is 14.1. The SMILES string of the molecule is C=COc1c(OC)cccc1C(=O)N1CCN(C(=O)c2ccc(NSc3cccc4cccnc34)cc2)CC1. The van der Waals surface area contributed by atoms with Crippen LogP contribution in [0.5, 0.6) is 11.5 Å². The lowest BCUT2D eigenvalue weighted by molar-refractivity contribution is 0.0533. The van der Waals surface area contributed by atoms with Crippen molar-refractivity contribution in [3.05, 3.63) is 103 Å². The van der Waals surface area contributed by atoms with Gasteiger partial charge in [-0.05, 0) is 60.5 Å². The Morgan fingerprint density at radius 2 is 1.62 bits per heavy atom. The van der Waals surface area contributed by atoms with E-state index in [0.29, 0.717) is 48.8 Å². The van der Waals surface area contributed by atoms with Crippen LogP contribution in [-0.4, -0.2) is 59.9 Å². The van der Waals surface area contributed by atoms with Gasteiger partial charge >= 0.3 is 0 Å². The van der Waals surface area contributed by atoms with Crippen molar-refractivity contribution in [2.45, 2.75) is 4.90 Å². The molecule has 0 radical (unpaired) electrons. The lowest BCUT2D eigenvalue weighted by Crippen LogP contribution is -2.50. The Labute approximate surface area is 231 Å². The van der Waals surface area contributed by atoms with Gasteiger partial charge in [-0.1, -0.05) is 30.8 Å². The number of hydrogen-bond donors (Lipinski definition) is 1.